The van der Waals surface area contributed by atoms with Gasteiger partial charge in [0.2, 0.25) is 0 Å². The Morgan fingerprint density at radius 1 is 0.275 bits per heavy atom. The third-order valence-corrected chi connectivity index (χ3v) is 21.5. The summed E-state index contributed by atoms with van der Waals surface area (Å²) in [6.07, 6.45) is 9.30. The first-order chi connectivity index (χ1) is 38.9. The molecule has 0 fully saturated rings. The van der Waals surface area contributed by atoms with Crippen LogP contribution < -0.4 is 20.2 Å². The van der Waals surface area contributed by atoms with Crippen LogP contribution in [0.3, 0.4) is 0 Å². The van der Waals surface area contributed by atoms with Gasteiger partial charge in [0.05, 0.1) is 16.1 Å². The molecular formula is C76H72N2Si2. The molecule has 0 amide bonds. The molecule has 0 saturated carbocycles. The standard InChI is InChI=1S/C76H72N2Si2/c1-79(2,3)65-45-39-61(40-46-65)77(59-35-31-55(32-36-59)53-19-9-7-10-20-53)63-43-49-71-73(51-63)75(69-29-17-25-57-23-13-15-27-67(57)69)72-50-44-64(52-74(72)76(71)70-30-18-26-58-24-14-16-28-68(58)70)78(62-41-47-66(48-42-62)80(4,5)6)60-37-33-56(34-38-60)54-21-11-8-12-22-54/h7-12,17-22,25-26,29-52H,13-16,23-24,27-28H2,1-6H3. The second-order valence-corrected chi connectivity index (χ2v) is 34.8. The van der Waals surface area contributed by atoms with Gasteiger partial charge in [0.1, 0.15) is 0 Å². The normalized spacial score (nSPS) is 13.5. The van der Waals surface area contributed by atoms with Crippen LogP contribution in [0.2, 0.25) is 39.3 Å². The molecule has 13 rings (SSSR count). The van der Waals surface area contributed by atoms with E-state index in [-0.39, 0.29) is 0 Å². The zero-order chi connectivity index (χ0) is 54.5. The molecule has 0 bridgehead atoms. The highest BCUT2D eigenvalue weighted by Gasteiger charge is 2.27. The van der Waals surface area contributed by atoms with E-state index in [0.717, 1.165) is 59.8 Å². The molecular weight excluding hydrogens is 997 g/mol. The zero-order valence-corrected chi connectivity index (χ0v) is 49.5. The predicted molar refractivity (Wildman–Crippen MR) is 352 cm³/mol. The van der Waals surface area contributed by atoms with E-state index in [9.17, 15) is 0 Å². The van der Waals surface area contributed by atoms with Crippen molar-refractivity contribution in [2.45, 2.75) is 90.6 Å². The van der Waals surface area contributed by atoms with E-state index in [2.05, 4.69) is 280 Å². The third-order valence-electron chi connectivity index (χ3n) is 17.4. The summed E-state index contributed by atoms with van der Waals surface area (Å²) in [5.74, 6) is 0. The monoisotopic (exact) mass is 1070 g/mol. The number of fused-ring (bicyclic) bond motifs is 4. The van der Waals surface area contributed by atoms with Gasteiger partial charge in [-0.15, -0.1) is 0 Å². The Morgan fingerprint density at radius 3 is 0.963 bits per heavy atom. The molecule has 11 aromatic carbocycles. The van der Waals surface area contributed by atoms with Crippen LogP contribution in [0.15, 0.2) is 231 Å². The molecule has 0 aliphatic heterocycles. The van der Waals surface area contributed by atoms with Gasteiger partial charge in [0, 0.05) is 34.1 Å². The Balaban J connectivity index is 1.09. The number of rotatable bonds is 12. The lowest BCUT2D eigenvalue weighted by atomic mass is 9.79. The summed E-state index contributed by atoms with van der Waals surface area (Å²) in [6.45, 7) is 14.6. The molecule has 0 N–H and O–H groups in total. The largest absolute Gasteiger partial charge is 0.310 e. The van der Waals surface area contributed by atoms with Gasteiger partial charge in [-0.3, -0.25) is 0 Å². The highest BCUT2D eigenvalue weighted by Crippen LogP contribution is 2.51. The molecule has 80 heavy (non-hydrogen) atoms. The van der Waals surface area contributed by atoms with Crippen molar-refractivity contribution in [3.05, 3.63) is 253 Å². The zero-order valence-electron chi connectivity index (χ0n) is 47.5. The van der Waals surface area contributed by atoms with Crippen LogP contribution in [0.4, 0.5) is 34.1 Å². The molecule has 0 radical (unpaired) electrons. The van der Waals surface area contributed by atoms with Gasteiger partial charge in [-0.05, 0) is 212 Å². The van der Waals surface area contributed by atoms with Gasteiger partial charge in [0.15, 0.2) is 0 Å². The SMILES string of the molecule is C[Si](C)(C)c1ccc(N(c2ccc(-c3ccccc3)cc2)c2ccc3c(-c4cccc5c4CCCC5)c4cc(N(c5ccc(-c6ccccc6)cc5)c5ccc([Si](C)(C)C)cc5)ccc4c(-c4cccc5c4CCCC5)c3c2)cc1. The fraction of sp³-hybridized carbons (Fsp3) is 0.184. The Hall–Kier alpha value is -8.03. The van der Waals surface area contributed by atoms with Crippen molar-refractivity contribution in [1.29, 1.82) is 0 Å². The average Bonchev–Trinajstić information content (AvgIpc) is 3.52. The second-order valence-electron chi connectivity index (χ2n) is 24.6. The minimum Gasteiger partial charge on any atom is -0.310 e. The van der Waals surface area contributed by atoms with Crippen molar-refractivity contribution < 1.29 is 0 Å². The van der Waals surface area contributed by atoms with Crippen LogP contribution in [-0.2, 0) is 25.7 Å². The minimum atomic E-state index is -1.56. The first-order valence-corrected chi connectivity index (χ1v) is 36.3. The Bertz CT molecular complexity index is 3770. The Morgan fingerprint density at radius 2 is 0.600 bits per heavy atom. The van der Waals surface area contributed by atoms with Gasteiger partial charge in [-0.1, -0.05) is 207 Å². The number of nitrogens with zero attached hydrogens (tertiary/aromatic N) is 2. The van der Waals surface area contributed by atoms with Crippen LogP contribution in [-0.4, -0.2) is 16.1 Å². The van der Waals surface area contributed by atoms with E-state index in [0.29, 0.717) is 0 Å². The minimum absolute atomic E-state index is 1.09. The van der Waals surface area contributed by atoms with E-state index in [1.807, 2.05) is 0 Å². The van der Waals surface area contributed by atoms with Gasteiger partial charge < -0.3 is 9.80 Å². The molecule has 0 unspecified atom stereocenters. The summed E-state index contributed by atoms with van der Waals surface area (Å²) in [5, 5.41) is 8.11. The molecule has 0 heterocycles. The highest BCUT2D eigenvalue weighted by atomic mass is 28.3. The molecule has 394 valence electrons. The summed E-state index contributed by atoms with van der Waals surface area (Å²) < 4.78 is 0. The van der Waals surface area contributed by atoms with Crippen molar-refractivity contribution in [3.8, 4) is 44.5 Å². The first-order valence-electron chi connectivity index (χ1n) is 29.3. The number of hydrogen-bond donors (Lipinski definition) is 0. The van der Waals surface area contributed by atoms with Crippen LogP contribution in [0.25, 0.3) is 66.1 Å². The number of aryl methyl sites for hydroxylation is 2. The number of anilines is 6. The van der Waals surface area contributed by atoms with Crippen LogP contribution >= 0.6 is 0 Å². The number of benzene rings is 11. The average molecular weight is 1070 g/mol. The maximum absolute atomic E-state index is 2.55. The lowest BCUT2D eigenvalue weighted by Crippen LogP contribution is -2.37. The predicted octanol–water partition coefficient (Wildman–Crippen LogP) is 20.4. The first kappa shape index (κ1) is 51.4. The van der Waals surface area contributed by atoms with Gasteiger partial charge in [-0.2, -0.15) is 0 Å². The summed E-state index contributed by atoms with van der Waals surface area (Å²) in [4.78, 5) is 5.00. The molecule has 11 aromatic rings. The summed E-state index contributed by atoms with van der Waals surface area (Å²) in [5.41, 5.74) is 23.2. The molecule has 2 nitrogen and oxygen atoms in total. The Kier molecular flexibility index (Phi) is 13.6. The quantitative estimate of drug-likeness (QED) is 0.0889. The maximum Gasteiger partial charge on any atom is 0.0775 e. The van der Waals surface area contributed by atoms with E-state index in [1.165, 1.54) is 124 Å². The van der Waals surface area contributed by atoms with Crippen molar-refractivity contribution >= 4 is 82.2 Å². The topological polar surface area (TPSA) is 6.48 Å². The molecule has 2 aliphatic carbocycles. The maximum atomic E-state index is 2.55. The summed E-state index contributed by atoms with van der Waals surface area (Å²) >= 11 is 0. The van der Waals surface area contributed by atoms with Crippen molar-refractivity contribution in [1.82, 2.24) is 0 Å². The second kappa shape index (κ2) is 21.2. The Labute approximate surface area is 477 Å². The third kappa shape index (κ3) is 9.84. The fourth-order valence-corrected chi connectivity index (χ4v) is 15.4. The van der Waals surface area contributed by atoms with Gasteiger partial charge in [0.25, 0.3) is 0 Å². The van der Waals surface area contributed by atoms with E-state index < -0.39 is 16.1 Å². The molecule has 4 heteroatoms. The lowest BCUT2D eigenvalue weighted by molar-refractivity contribution is 0.687. The molecule has 0 atom stereocenters. The van der Waals surface area contributed by atoms with E-state index >= 15 is 0 Å². The summed E-state index contributed by atoms with van der Waals surface area (Å²) in [6, 6.07) is 88.2. The van der Waals surface area contributed by atoms with Crippen molar-refractivity contribution in [3.63, 3.8) is 0 Å². The molecule has 0 saturated heterocycles. The van der Waals surface area contributed by atoms with Crippen LogP contribution in [0, 0.1) is 0 Å². The van der Waals surface area contributed by atoms with Gasteiger partial charge >= 0.3 is 0 Å². The summed E-state index contributed by atoms with van der Waals surface area (Å²) in [7, 11) is -3.12. The smallest absolute Gasteiger partial charge is 0.0775 e. The van der Waals surface area contributed by atoms with Crippen molar-refractivity contribution in [2.75, 3.05) is 9.80 Å². The fourth-order valence-electron chi connectivity index (χ4n) is 13.1. The van der Waals surface area contributed by atoms with Crippen molar-refractivity contribution in [2.24, 2.45) is 0 Å². The molecule has 2 aliphatic rings. The molecule has 0 aromatic heterocycles. The van der Waals surface area contributed by atoms with Gasteiger partial charge in [-0.25, -0.2) is 0 Å². The van der Waals surface area contributed by atoms with E-state index in [4.69, 9.17) is 0 Å². The lowest BCUT2D eigenvalue weighted by Gasteiger charge is -2.30. The highest BCUT2D eigenvalue weighted by molar-refractivity contribution is 6.89. The molecule has 0 spiro atoms. The van der Waals surface area contributed by atoms with Crippen LogP contribution in [0.1, 0.15) is 47.9 Å². The van der Waals surface area contributed by atoms with E-state index in [1.54, 1.807) is 0 Å². The number of hydrogen-bond acceptors (Lipinski definition) is 2. The van der Waals surface area contributed by atoms with Crippen LogP contribution in [0.5, 0.6) is 0 Å².